The molecule has 7 nitrogen and oxygen atoms in total. The van der Waals surface area contributed by atoms with Crippen LogP contribution in [0.1, 0.15) is 10.4 Å². The number of non-ortho nitro benzene ring substituents is 1. The molecule has 0 radical (unpaired) electrons. The van der Waals surface area contributed by atoms with Crippen LogP contribution in [-0.4, -0.2) is 10.9 Å². The van der Waals surface area contributed by atoms with Crippen molar-refractivity contribution in [3.05, 3.63) is 70.3 Å². The van der Waals surface area contributed by atoms with Crippen LogP contribution in [0, 0.1) is 10.1 Å². The Morgan fingerprint density at radius 1 is 0.958 bits per heavy atom. The van der Waals surface area contributed by atoms with Gasteiger partial charge in [0.25, 0.3) is 5.69 Å². The molecule has 0 unspecified atom stereocenters. The SMILES string of the molecule is O=C1Oc2ccc(N=Nc3ccc([N+](=O)[O-])cc3)c3cccc1c23. The summed E-state index contributed by atoms with van der Waals surface area (Å²) in [5, 5.41) is 20.4. The van der Waals surface area contributed by atoms with E-state index in [-0.39, 0.29) is 11.7 Å². The van der Waals surface area contributed by atoms with E-state index in [0.717, 1.165) is 10.8 Å². The maximum atomic E-state index is 11.8. The summed E-state index contributed by atoms with van der Waals surface area (Å²) in [5.74, 6) is 0.139. The molecule has 24 heavy (non-hydrogen) atoms. The van der Waals surface area contributed by atoms with Gasteiger partial charge in [-0.25, -0.2) is 4.79 Å². The van der Waals surface area contributed by atoms with Crippen molar-refractivity contribution < 1.29 is 14.5 Å². The summed E-state index contributed by atoms with van der Waals surface area (Å²) in [5.41, 5.74) is 1.59. The quantitative estimate of drug-likeness (QED) is 0.230. The molecule has 0 saturated heterocycles. The maximum Gasteiger partial charge on any atom is 0.344 e. The Labute approximate surface area is 135 Å². The summed E-state index contributed by atoms with van der Waals surface area (Å²) in [6, 6.07) is 14.5. The van der Waals surface area contributed by atoms with Crippen molar-refractivity contribution >= 4 is 33.8 Å². The molecule has 7 heteroatoms. The number of esters is 1. The monoisotopic (exact) mass is 319 g/mol. The summed E-state index contributed by atoms with van der Waals surface area (Å²) in [6.07, 6.45) is 0. The number of benzene rings is 3. The minimum absolute atomic E-state index is 0.00468. The number of hydrogen-bond acceptors (Lipinski definition) is 6. The molecule has 0 spiro atoms. The number of nitro benzene ring substituents is 1. The van der Waals surface area contributed by atoms with Crippen LogP contribution in [0.25, 0.3) is 10.8 Å². The molecule has 1 heterocycles. The minimum Gasteiger partial charge on any atom is -0.422 e. The number of nitrogens with zero attached hydrogens (tertiary/aromatic N) is 3. The smallest absolute Gasteiger partial charge is 0.344 e. The Morgan fingerprint density at radius 2 is 1.75 bits per heavy atom. The highest BCUT2D eigenvalue weighted by Gasteiger charge is 2.24. The van der Waals surface area contributed by atoms with E-state index < -0.39 is 4.92 Å². The summed E-state index contributed by atoms with van der Waals surface area (Å²) >= 11 is 0. The second-order valence-corrected chi connectivity index (χ2v) is 5.17. The van der Waals surface area contributed by atoms with Crippen LogP contribution in [-0.2, 0) is 0 Å². The van der Waals surface area contributed by atoms with Crippen molar-refractivity contribution in [1.82, 2.24) is 0 Å². The zero-order valence-electron chi connectivity index (χ0n) is 12.2. The van der Waals surface area contributed by atoms with Gasteiger partial charge in [-0.2, -0.15) is 5.11 Å². The van der Waals surface area contributed by atoms with Crippen LogP contribution < -0.4 is 4.74 Å². The summed E-state index contributed by atoms with van der Waals surface area (Å²) < 4.78 is 5.20. The highest BCUT2D eigenvalue weighted by molar-refractivity contribution is 6.15. The van der Waals surface area contributed by atoms with E-state index in [4.69, 9.17) is 4.74 Å². The average molecular weight is 319 g/mol. The Kier molecular flexibility index (Phi) is 3.06. The second kappa shape index (κ2) is 5.24. The molecule has 0 N–H and O–H groups in total. The predicted molar refractivity (Wildman–Crippen MR) is 86.2 cm³/mol. The van der Waals surface area contributed by atoms with E-state index in [1.165, 1.54) is 24.3 Å². The molecule has 1 aliphatic heterocycles. The minimum atomic E-state index is -0.471. The van der Waals surface area contributed by atoms with Crippen LogP contribution in [0.4, 0.5) is 17.1 Å². The highest BCUT2D eigenvalue weighted by atomic mass is 16.6. The average Bonchev–Trinajstić information content (AvgIpc) is 2.92. The van der Waals surface area contributed by atoms with Crippen LogP contribution in [0.3, 0.4) is 0 Å². The maximum absolute atomic E-state index is 11.8. The van der Waals surface area contributed by atoms with Gasteiger partial charge in [0.1, 0.15) is 5.75 Å². The van der Waals surface area contributed by atoms with Gasteiger partial charge in [0, 0.05) is 22.9 Å². The first-order valence-corrected chi connectivity index (χ1v) is 7.07. The lowest BCUT2D eigenvalue weighted by Gasteiger charge is -2.01. The molecule has 0 saturated carbocycles. The van der Waals surface area contributed by atoms with Gasteiger partial charge in [0.05, 0.1) is 21.9 Å². The molecule has 0 aliphatic carbocycles. The van der Waals surface area contributed by atoms with E-state index in [9.17, 15) is 14.9 Å². The fourth-order valence-electron chi connectivity index (χ4n) is 2.61. The topological polar surface area (TPSA) is 94.2 Å². The Morgan fingerprint density at radius 3 is 2.50 bits per heavy atom. The fraction of sp³-hybridized carbons (Fsp3) is 0. The van der Waals surface area contributed by atoms with Crippen molar-refractivity contribution in [2.24, 2.45) is 10.2 Å². The molecule has 3 aromatic rings. The number of hydrogen-bond donors (Lipinski definition) is 0. The zero-order chi connectivity index (χ0) is 16.7. The first-order chi connectivity index (χ1) is 11.6. The zero-order valence-corrected chi connectivity index (χ0v) is 12.2. The van der Waals surface area contributed by atoms with Gasteiger partial charge in [-0.3, -0.25) is 10.1 Å². The van der Waals surface area contributed by atoms with Gasteiger partial charge < -0.3 is 4.74 Å². The number of rotatable bonds is 3. The Bertz CT molecular complexity index is 1030. The molecule has 0 fully saturated rings. The van der Waals surface area contributed by atoms with Gasteiger partial charge in [-0.05, 0) is 30.3 Å². The number of ether oxygens (including phenoxy) is 1. The van der Waals surface area contributed by atoms with Crippen LogP contribution in [0.15, 0.2) is 64.8 Å². The van der Waals surface area contributed by atoms with Gasteiger partial charge in [-0.1, -0.05) is 12.1 Å². The van der Waals surface area contributed by atoms with Gasteiger partial charge in [0.2, 0.25) is 0 Å². The van der Waals surface area contributed by atoms with Crippen LogP contribution in [0.2, 0.25) is 0 Å². The lowest BCUT2D eigenvalue weighted by molar-refractivity contribution is -0.384. The molecular weight excluding hydrogens is 310 g/mol. The molecule has 4 rings (SSSR count). The summed E-state index contributed by atoms with van der Waals surface area (Å²) in [6.45, 7) is 0. The largest absolute Gasteiger partial charge is 0.422 e. The van der Waals surface area contributed by atoms with Crippen molar-refractivity contribution in [2.75, 3.05) is 0 Å². The van der Waals surface area contributed by atoms with Crippen LogP contribution >= 0.6 is 0 Å². The van der Waals surface area contributed by atoms with E-state index >= 15 is 0 Å². The second-order valence-electron chi connectivity index (χ2n) is 5.17. The molecule has 0 bridgehead atoms. The van der Waals surface area contributed by atoms with E-state index in [2.05, 4.69) is 10.2 Å². The molecule has 3 aromatic carbocycles. The normalized spacial score (nSPS) is 12.8. The summed E-state index contributed by atoms with van der Waals surface area (Å²) in [7, 11) is 0. The van der Waals surface area contributed by atoms with Gasteiger partial charge in [0.15, 0.2) is 0 Å². The number of azo groups is 1. The van der Waals surface area contributed by atoms with E-state index in [0.29, 0.717) is 22.7 Å². The van der Waals surface area contributed by atoms with Crippen molar-refractivity contribution in [1.29, 1.82) is 0 Å². The molecule has 0 amide bonds. The Balaban J connectivity index is 1.74. The highest BCUT2D eigenvalue weighted by Crippen LogP contribution is 2.40. The molecule has 0 atom stereocenters. The lowest BCUT2D eigenvalue weighted by atomic mass is 10.0. The van der Waals surface area contributed by atoms with Crippen molar-refractivity contribution in [2.45, 2.75) is 0 Å². The first kappa shape index (κ1) is 14.0. The molecule has 0 aromatic heterocycles. The standard InChI is InChI=1S/C17H9N3O4/c21-17-13-3-1-2-12-14(8-9-15(24-17)16(12)13)19-18-10-4-6-11(7-5-10)20(22)23/h1-9H. The summed E-state index contributed by atoms with van der Waals surface area (Å²) in [4.78, 5) is 22.0. The fourth-order valence-corrected chi connectivity index (χ4v) is 2.61. The van der Waals surface area contributed by atoms with Crippen molar-refractivity contribution in [3.8, 4) is 5.75 Å². The molecular formula is C17H9N3O4. The number of nitro groups is 1. The Hall–Kier alpha value is -3.61. The van der Waals surface area contributed by atoms with Crippen molar-refractivity contribution in [3.63, 3.8) is 0 Å². The number of carbonyl (C=O) groups is 1. The number of carbonyl (C=O) groups excluding carboxylic acids is 1. The van der Waals surface area contributed by atoms with E-state index in [1.54, 1.807) is 24.3 Å². The first-order valence-electron chi connectivity index (χ1n) is 7.07. The molecule has 1 aliphatic rings. The van der Waals surface area contributed by atoms with E-state index in [1.807, 2.05) is 6.07 Å². The van der Waals surface area contributed by atoms with Gasteiger partial charge >= 0.3 is 5.97 Å². The lowest BCUT2D eigenvalue weighted by Crippen LogP contribution is -2.00. The van der Waals surface area contributed by atoms with Gasteiger partial charge in [-0.15, -0.1) is 5.11 Å². The third kappa shape index (κ3) is 2.19. The molecule has 116 valence electrons. The third-order valence-corrected chi connectivity index (χ3v) is 3.74. The van der Waals surface area contributed by atoms with Crippen LogP contribution in [0.5, 0.6) is 5.75 Å². The third-order valence-electron chi connectivity index (χ3n) is 3.74. The predicted octanol–water partition coefficient (Wildman–Crippen LogP) is 4.70.